The number of carbonyl (C=O) groups is 1. The molecule has 0 radical (unpaired) electrons. The molecular weight excluding hydrogens is 246 g/mol. The maximum absolute atomic E-state index is 10.9. The highest BCUT2D eigenvalue weighted by atomic mass is 16.5. The molecule has 0 bridgehead atoms. The first-order chi connectivity index (χ1) is 8.99. The molecule has 0 saturated carbocycles. The van der Waals surface area contributed by atoms with Gasteiger partial charge in [-0.1, -0.05) is 0 Å². The van der Waals surface area contributed by atoms with Gasteiger partial charge in [0.2, 0.25) is 0 Å². The number of hydrogen-bond acceptors (Lipinski definition) is 4. The smallest absolute Gasteiger partial charge is 0.335 e. The Labute approximate surface area is 110 Å². The van der Waals surface area contributed by atoms with Gasteiger partial charge in [-0.05, 0) is 37.1 Å². The summed E-state index contributed by atoms with van der Waals surface area (Å²) in [6.45, 7) is 3.95. The molecule has 0 aliphatic heterocycles. The van der Waals surface area contributed by atoms with Crippen LogP contribution in [0.15, 0.2) is 18.5 Å². The highest BCUT2D eigenvalue weighted by Crippen LogP contribution is 2.25. The molecule has 1 N–H and O–H groups in total. The molecule has 100 valence electrons. The summed E-state index contributed by atoms with van der Waals surface area (Å²) in [5, 5.41) is 12.9. The van der Waals surface area contributed by atoms with Gasteiger partial charge in [0.25, 0.3) is 0 Å². The Morgan fingerprint density at radius 3 is 2.47 bits per heavy atom. The van der Waals surface area contributed by atoms with Crippen molar-refractivity contribution in [1.29, 1.82) is 0 Å². The quantitative estimate of drug-likeness (QED) is 0.906. The zero-order chi connectivity index (χ0) is 14.0. The second-order valence-corrected chi connectivity index (χ2v) is 4.33. The molecule has 6 heteroatoms. The van der Waals surface area contributed by atoms with E-state index in [-0.39, 0.29) is 5.56 Å². The highest BCUT2D eigenvalue weighted by Gasteiger charge is 2.11. The van der Waals surface area contributed by atoms with E-state index in [1.807, 2.05) is 13.8 Å². The molecule has 1 aromatic heterocycles. The summed E-state index contributed by atoms with van der Waals surface area (Å²) in [5.41, 5.74) is 1.85. The molecule has 0 saturated heterocycles. The maximum Gasteiger partial charge on any atom is 0.335 e. The van der Waals surface area contributed by atoms with Gasteiger partial charge >= 0.3 is 5.97 Å². The van der Waals surface area contributed by atoms with Gasteiger partial charge in [-0.25, -0.2) is 9.78 Å². The van der Waals surface area contributed by atoms with Crippen LogP contribution in [-0.4, -0.2) is 25.8 Å². The molecule has 0 atom stereocenters. The van der Waals surface area contributed by atoms with Crippen LogP contribution in [0.25, 0.3) is 0 Å². The lowest BCUT2D eigenvalue weighted by Crippen LogP contribution is -2.07. The molecule has 6 nitrogen and oxygen atoms in total. The third-order valence-corrected chi connectivity index (χ3v) is 2.86. The number of carboxylic acids is 1. The third-order valence-electron chi connectivity index (χ3n) is 2.86. The van der Waals surface area contributed by atoms with Crippen LogP contribution in [0.3, 0.4) is 0 Å². The van der Waals surface area contributed by atoms with Crippen molar-refractivity contribution in [3.63, 3.8) is 0 Å². The van der Waals surface area contributed by atoms with Crippen molar-refractivity contribution in [3.8, 4) is 5.75 Å². The van der Waals surface area contributed by atoms with Gasteiger partial charge in [0.15, 0.2) is 5.82 Å². The monoisotopic (exact) mass is 261 g/mol. The van der Waals surface area contributed by atoms with Crippen molar-refractivity contribution >= 4 is 5.97 Å². The van der Waals surface area contributed by atoms with Gasteiger partial charge in [0, 0.05) is 7.05 Å². The van der Waals surface area contributed by atoms with Crippen LogP contribution in [0.4, 0.5) is 0 Å². The van der Waals surface area contributed by atoms with E-state index in [1.165, 1.54) is 6.33 Å². The van der Waals surface area contributed by atoms with Crippen LogP contribution in [0.5, 0.6) is 5.75 Å². The predicted octanol–water partition coefficient (Wildman–Crippen LogP) is 1.71. The fourth-order valence-corrected chi connectivity index (χ4v) is 1.89. The number of aromatic nitrogens is 3. The van der Waals surface area contributed by atoms with Crippen molar-refractivity contribution in [3.05, 3.63) is 41.0 Å². The van der Waals surface area contributed by atoms with E-state index in [0.717, 1.165) is 11.1 Å². The molecule has 0 aliphatic carbocycles. The van der Waals surface area contributed by atoms with E-state index in [0.29, 0.717) is 18.2 Å². The molecule has 19 heavy (non-hydrogen) atoms. The van der Waals surface area contributed by atoms with Crippen molar-refractivity contribution in [1.82, 2.24) is 14.8 Å². The number of carboxylic acid groups (broad SMARTS) is 1. The van der Waals surface area contributed by atoms with E-state index in [1.54, 1.807) is 23.9 Å². The molecule has 1 heterocycles. The van der Waals surface area contributed by atoms with Gasteiger partial charge in [-0.2, -0.15) is 5.10 Å². The Hall–Kier alpha value is -2.37. The molecule has 2 aromatic rings. The number of nitrogens with zero attached hydrogens (tertiary/aromatic N) is 3. The summed E-state index contributed by atoms with van der Waals surface area (Å²) >= 11 is 0. The standard InChI is InChI=1S/C13H15N3O3/c1-8-4-10(13(17)18)5-9(2)12(8)19-6-11-14-7-15-16(11)3/h4-5,7H,6H2,1-3H3,(H,17,18). The molecule has 0 fully saturated rings. The fraction of sp³-hybridized carbons (Fsp3) is 0.308. The molecule has 0 unspecified atom stereocenters. The van der Waals surface area contributed by atoms with Gasteiger partial charge in [-0.15, -0.1) is 0 Å². The molecule has 1 aromatic carbocycles. The van der Waals surface area contributed by atoms with Crippen LogP contribution >= 0.6 is 0 Å². The first-order valence-corrected chi connectivity index (χ1v) is 5.79. The minimum Gasteiger partial charge on any atom is -0.485 e. The van der Waals surface area contributed by atoms with E-state index < -0.39 is 5.97 Å². The molecule has 0 amide bonds. The summed E-state index contributed by atoms with van der Waals surface area (Å²) in [5.74, 6) is 0.458. The minimum atomic E-state index is -0.939. The van der Waals surface area contributed by atoms with Crippen molar-refractivity contribution in [2.24, 2.45) is 7.05 Å². The van der Waals surface area contributed by atoms with Gasteiger partial charge in [-0.3, -0.25) is 4.68 Å². The SMILES string of the molecule is Cc1cc(C(=O)O)cc(C)c1OCc1ncnn1C. The average molecular weight is 261 g/mol. The molecule has 0 spiro atoms. The second-order valence-electron chi connectivity index (χ2n) is 4.33. The summed E-state index contributed by atoms with van der Waals surface area (Å²) < 4.78 is 7.35. The Balaban J connectivity index is 2.21. The fourth-order valence-electron chi connectivity index (χ4n) is 1.89. The zero-order valence-corrected chi connectivity index (χ0v) is 11.0. The number of ether oxygens (including phenoxy) is 1. The van der Waals surface area contributed by atoms with Crippen LogP contribution in [-0.2, 0) is 13.7 Å². The van der Waals surface area contributed by atoms with Crippen LogP contribution in [0.2, 0.25) is 0 Å². The van der Waals surface area contributed by atoms with Crippen molar-refractivity contribution in [2.75, 3.05) is 0 Å². The van der Waals surface area contributed by atoms with E-state index in [2.05, 4.69) is 10.1 Å². The summed E-state index contributed by atoms with van der Waals surface area (Å²) in [6.07, 6.45) is 1.46. The largest absolute Gasteiger partial charge is 0.485 e. The lowest BCUT2D eigenvalue weighted by Gasteiger charge is -2.12. The summed E-state index contributed by atoms with van der Waals surface area (Å²) in [7, 11) is 1.79. The number of aryl methyl sites for hydroxylation is 3. The maximum atomic E-state index is 10.9. The Morgan fingerprint density at radius 1 is 1.37 bits per heavy atom. The Bertz CT molecular complexity index is 596. The van der Waals surface area contributed by atoms with Crippen LogP contribution in [0.1, 0.15) is 27.3 Å². The number of benzene rings is 1. The Kier molecular flexibility index (Phi) is 3.50. The lowest BCUT2D eigenvalue weighted by molar-refractivity contribution is 0.0696. The third kappa shape index (κ3) is 2.73. The van der Waals surface area contributed by atoms with Crippen molar-refractivity contribution < 1.29 is 14.6 Å². The molecule has 2 rings (SSSR count). The average Bonchev–Trinajstić information content (AvgIpc) is 2.73. The number of aromatic carboxylic acids is 1. The van der Waals surface area contributed by atoms with Gasteiger partial charge in [0.1, 0.15) is 18.7 Å². The molecular formula is C13H15N3O3. The van der Waals surface area contributed by atoms with E-state index in [9.17, 15) is 4.79 Å². The topological polar surface area (TPSA) is 77.2 Å². The highest BCUT2D eigenvalue weighted by molar-refractivity contribution is 5.88. The van der Waals surface area contributed by atoms with Crippen LogP contribution in [0, 0.1) is 13.8 Å². The minimum absolute atomic E-state index is 0.265. The second kappa shape index (κ2) is 5.09. The number of hydrogen-bond donors (Lipinski definition) is 1. The van der Waals surface area contributed by atoms with Gasteiger partial charge < -0.3 is 9.84 Å². The van der Waals surface area contributed by atoms with E-state index >= 15 is 0 Å². The van der Waals surface area contributed by atoms with Crippen LogP contribution < -0.4 is 4.74 Å². The lowest BCUT2D eigenvalue weighted by atomic mass is 10.1. The predicted molar refractivity (Wildman–Crippen MR) is 68.2 cm³/mol. The normalized spacial score (nSPS) is 10.5. The number of rotatable bonds is 4. The zero-order valence-electron chi connectivity index (χ0n) is 11.0. The first kappa shape index (κ1) is 13.1. The van der Waals surface area contributed by atoms with Gasteiger partial charge in [0.05, 0.1) is 5.56 Å². The van der Waals surface area contributed by atoms with E-state index in [4.69, 9.17) is 9.84 Å². The summed E-state index contributed by atoms with van der Waals surface area (Å²) in [4.78, 5) is 15.0. The van der Waals surface area contributed by atoms with Crippen molar-refractivity contribution in [2.45, 2.75) is 20.5 Å². The molecule has 0 aliphatic rings. The Morgan fingerprint density at radius 2 is 2.00 bits per heavy atom. The first-order valence-electron chi connectivity index (χ1n) is 5.79. The summed E-state index contributed by atoms with van der Waals surface area (Å²) in [6, 6.07) is 3.20.